The van der Waals surface area contributed by atoms with Gasteiger partial charge in [0, 0.05) is 33.4 Å². The Morgan fingerprint density at radius 2 is 2.05 bits per heavy atom. The van der Waals surface area contributed by atoms with Crippen LogP contribution >= 0.6 is 24.0 Å². The Hall–Kier alpha value is -0.820. The van der Waals surface area contributed by atoms with Gasteiger partial charge in [0.2, 0.25) is 0 Å². The third kappa shape index (κ3) is 6.52. The third-order valence-corrected chi connectivity index (χ3v) is 3.87. The van der Waals surface area contributed by atoms with Gasteiger partial charge in [0.05, 0.1) is 0 Å². The molecule has 0 aromatic heterocycles. The Morgan fingerprint density at radius 3 is 2.73 bits per heavy atom. The topological polar surface area (TPSA) is 45.6 Å². The van der Waals surface area contributed by atoms with Crippen LogP contribution in [0.1, 0.15) is 31.2 Å². The van der Waals surface area contributed by atoms with Crippen molar-refractivity contribution in [3.05, 3.63) is 35.9 Å². The Kier molecular flexibility index (Phi) is 9.47. The van der Waals surface area contributed by atoms with Gasteiger partial charge in [-0.2, -0.15) is 0 Å². The van der Waals surface area contributed by atoms with Crippen LogP contribution in [0.2, 0.25) is 0 Å². The van der Waals surface area contributed by atoms with Crippen molar-refractivity contribution in [1.82, 2.24) is 10.6 Å². The molecule has 124 valence electrons. The number of hydrogen-bond donors (Lipinski definition) is 2. The summed E-state index contributed by atoms with van der Waals surface area (Å²) in [4.78, 5) is 4.26. The second-order valence-corrected chi connectivity index (χ2v) is 5.44. The number of halogens is 1. The minimum atomic E-state index is 0. The molecule has 0 aliphatic heterocycles. The van der Waals surface area contributed by atoms with E-state index < -0.39 is 0 Å². The number of aliphatic imine (C=N–C) groups is 1. The maximum absolute atomic E-state index is 5.32. The van der Waals surface area contributed by atoms with Gasteiger partial charge in [0.25, 0.3) is 0 Å². The third-order valence-electron chi connectivity index (χ3n) is 3.87. The molecule has 1 aliphatic carbocycles. The second-order valence-electron chi connectivity index (χ2n) is 5.44. The Bertz CT molecular complexity index is 439. The van der Waals surface area contributed by atoms with Gasteiger partial charge in [-0.05, 0) is 37.2 Å². The lowest BCUT2D eigenvalue weighted by Gasteiger charge is -2.11. The number of nitrogens with zero attached hydrogens (tertiary/aromatic N) is 1. The Labute approximate surface area is 151 Å². The normalized spacial score (nSPS) is 20.2. The summed E-state index contributed by atoms with van der Waals surface area (Å²) in [7, 11) is 1.82. The smallest absolute Gasteiger partial charge is 0.190 e. The summed E-state index contributed by atoms with van der Waals surface area (Å²) >= 11 is 0. The van der Waals surface area contributed by atoms with Crippen molar-refractivity contribution >= 4 is 29.9 Å². The van der Waals surface area contributed by atoms with Gasteiger partial charge >= 0.3 is 0 Å². The van der Waals surface area contributed by atoms with E-state index in [-0.39, 0.29) is 24.0 Å². The van der Waals surface area contributed by atoms with Crippen molar-refractivity contribution in [1.29, 1.82) is 0 Å². The fourth-order valence-electron chi connectivity index (χ4n) is 2.56. The van der Waals surface area contributed by atoms with Gasteiger partial charge in [-0.15, -0.1) is 24.0 Å². The molecular formula is C17H28IN3O. The van der Waals surface area contributed by atoms with Crippen LogP contribution in [-0.2, 0) is 4.74 Å². The minimum Gasteiger partial charge on any atom is -0.382 e. The molecular weight excluding hydrogens is 389 g/mol. The monoisotopic (exact) mass is 417 g/mol. The maximum atomic E-state index is 5.32. The summed E-state index contributed by atoms with van der Waals surface area (Å²) in [5, 5.41) is 6.75. The highest BCUT2D eigenvalue weighted by molar-refractivity contribution is 14.0. The van der Waals surface area contributed by atoms with E-state index in [1.165, 1.54) is 12.0 Å². The molecule has 1 fully saturated rings. The van der Waals surface area contributed by atoms with Gasteiger partial charge in [-0.25, -0.2) is 0 Å². The Morgan fingerprint density at radius 1 is 1.27 bits per heavy atom. The average molecular weight is 417 g/mol. The predicted molar refractivity (Wildman–Crippen MR) is 103 cm³/mol. The van der Waals surface area contributed by atoms with E-state index in [2.05, 4.69) is 46.0 Å². The molecule has 1 saturated carbocycles. The number of ether oxygens (including phenoxy) is 1. The van der Waals surface area contributed by atoms with Crippen LogP contribution in [0.15, 0.2) is 35.3 Å². The van der Waals surface area contributed by atoms with Gasteiger partial charge in [-0.3, -0.25) is 4.99 Å². The van der Waals surface area contributed by atoms with E-state index in [0.29, 0.717) is 0 Å². The largest absolute Gasteiger partial charge is 0.382 e. The highest BCUT2D eigenvalue weighted by Gasteiger charge is 2.37. The van der Waals surface area contributed by atoms with Gasteiger partial charge in [0.15, 0.2) is 5.96 Å². The lowest BCUT2D eigenvalue weighted by Crippen LogP contribution is -2.39. The number of hydrogen-bond acceptors (Lipinski definition) is 2. The second kappa shape index (κ2) is 10.8. The molecule has 0 amide bonds. The first-order valence-electron chi connectivity index (χ1n) is 7.92. The molecule has 0 radical (unpaired) electrons. The lowest BCUT2D eigenvalue weighted by atomic mass is 10.1. The number of rotatable bonds is 8. The molecule has 1 aliphatic rings. The highest BCUT2D eigenvalue weighted by Crippen LogP contribution is 2.46. The summed E-state index contributed by atoms with van der Waals surface area (Å²) in [5.41, 5.74) is 1.46. The zero-order valence-corrected chi connectivity index (χ0v) is 15.9. The summed E-state index contributed by atoms with van der Waals surface area (Å²) in [5.74, 6) is 2.34. The van der Waals surface area contributed by atoms with E-state index in [9.17, 15) is 0 Å². The summed E-state index contributed by atoms with van der Waals surface area (Å²) in [6.07, 6.45) is 2.28. The molecule has 2 unspecified atom stereocenters. The maximum Gasteiger partial charge on any atom is 0.190 e. The molecule has 2 rings (SSSR count). The first-order valence-corrected chi connectivity index (χ1v) is 7.92. The number of nitrogens with one attached hydrogen (secondary N) is 2. The molecule has 5 heteroatoms. The molecule has 0 saturated heterocycles. The summed E-state index contributed by atoms with van der Waals surface area (Å²) in [6, 6.07) is 10.8. The van der Waals surface area contributed by atoms with Crippen LogP contribution < -0.4 is 10.6 Å². The SMILES string of the molecule is CCOCCCNC(=NC)NCC1CC1c1ccccc1.I. The molecule has 0 spiro atoms. The fraction of sp³-hybridized carbons (Fsp3) is 0.588. The zero-order chi connectivity index (χ0) is 14.9. The number of benzene rings is 1. The fourth-order valence-corrected chi connectivity index (χ4v) is 2.56. The molecule has 22 heavy (non-hydrogen) atoms. The van der Waals surface area contributed by atoms with Gasteiger partial charge < -0.3 is 15.4 Å². The molecule has 1 aromatic rings. The van der Waals surface area contributed by atoms with Crippen LogP contribution in [0.25, 0.3) is 0 Å². The summed E-state index contributed by atoms with van der Waals surface area (Å²) < 4.78 is 5.32. The highest BCUT2D eigenvalue weighted by atomic mass is 127. The van der Waals surface area contributed by atoms with E-state index in [1.807, 2.05) is 14.0 Å². The van der Waals surface area contributed by atoms with Crippen molar-refractivity contribution in [2.75, 3.05) is 33.4 Å². The standard InChI is InChI=1S/C17H27N3O.HI/c1-3-21-11-7-10-19-17(18-2)20-13-15-12-16(15)14-8-5-4-6-9-14;/h4-6,8-9,15-16H,3,7,10-13H2,1-2H3,(H2,18,19,20);1H. The van der Waals surface area contributed by atoms with E-state index in [0.717, 1.165) is 50.5 Å². The van der Waals surface area contributed by atoms with E-state index >= 15 is 0 Å². The minimum absolute atomic E-state index is 0. The van der Waals surface area contributed by atoms with Crippen LogP contribution in [0.3, 0.4) is 0 Å². The molecule has 2 atom stereocenters. The molecule has 0 heterocycles. The van der Waals surface area contributed by atoms with Gasteiger partial charge in [-0.1, -0.05) is 30.3 Å². The lowest BCUT2D eigenvalue weighted by molar-refractivity contribution is 0.145. The zero-order valence-electron chi connectivity index (χ0n) is 13.5. The predicted octanol–water partition coefficient (Wildman–Crippen LogP) is 3.00. The Balaban J connectivity index is 0.00000242. The molecule has 4 nitrogen and oxygen atoms in total. The summed E-state index contributed by atoms with van der Waals surface area (Å²) in [6.45, 7) is 5.50. The van der Waals surface area contributed by atoms with Crippen LogP contribution in [0.5, 0.6) is 0 Å². The first-order chi connectivity index (χ1) is 10.3. The van der Waals surface area contributed by atoms with Crippen molar-refractivity contribution in [2.24, 2.45) is 10.9 Å². The van der Waals surface area contributed by atoms with Crippen molar-refractivity contribution in [3.63, 3.8) is 0 Å². The van der Waals surface area contributed by atoms with E-state index in [1.54, 1.807) is 0 Å². The number of guanidine groups is 1. The van der Waals surface area contributed by atoms with E-state index in [4.69, 9.17) is 4.74 Å². The molecule has 2 N–H and O–H groups in total. The molecule has 0 bridgehead atoms. The molecule has 1 aromatic carbocycles. The van der Waals surface area contributed by atoms with Crippen LogP contribution in [-0.4, -0.2) is 39.3 Å². The van der Waals surface area contributed by atoms with Crippen LogP contribution in [0, 0.1) is 5.92 Å². The van der Waals surface area contributed by atoms with Crippen molar-refractivity contribution < 1.29 is 4.74 Å². The average Bonchev–Trinajstić information content (AvgIpc) is 3.30. The van der Waals surface area contributed by atoms with Crippen molar-refractivity contribution in [2.45, 2.75) is 25.7 Å². The van der Waals surface area contributed by atoms with Gasteiger partial charge in [0.1, 0.15) is 0 Å². The quantitative estimate of drug-likeness (QED) is 0.296. The van der Waals surface area contributed by atoms with Crippen LogP contribution in [0.4, 0.5) is 0 Å². The first kappa shape index (κ1) is 19.2. The van der Waals surface area contributed by atoms with Crippen molar-refractivity contribution in [3.8, 4) is 0 Å².